The molecule has 1 aromatic heterocycles. The van der Waals surface area contributed by atoms with Crippen LogP contribution in [-0.2, 0) is 17.8 Å². The van der Waals surface area contributed by atoms with E-state index in [0.29, 0.717) is 12.5 Å². The summed E-state index contributed by atoms with van der Waals surface area (Å²) in [4.78, 5) is 1.59. The van der Waals surface area contributed by atoms with Crippen LogP contribution in [0.5, 0.6) is 0 Å². The first kappa shape index (κ1) is 16.7. The third-order valence-electron chi connectivity index (χ3n) is 4.60. The number of nitrogens with one attached hydrogen (secondary N) is 2. The highest BCUT2D eigenvalue weighted by atomic mass is 16.5. The number of hydrogen-bond donors (Lipinski definition) is 2. The van der Waals surface area contributed by atoms with Crippen LogP contribution >= 0.6 is 0 Å². The van der Waals surface area contributed by atoms with Crippen molar-refractivity contribution in [2.45, 2.75) is 13.1 Å². The predicted molar refractivity (Wildman–Crippen MR) is 98.1 cm³/mol. The number of tetrazole rings is 1. The van der Waals surface area contributed by atoms with E-state index in [9.17, 15) is 0 Å². The van der Waals surface area contributed by atoms with E-state index in [0.717, 1.165) is 38.5 Å². The summed E-state index contributed by atoms with van der Waals surface area (Å²) in [6.07, 6.45) is 0. The Kier molecular flexibility index (Phi) is 5.18. The second kappa shape index (κ2) is 8.07. The van der Waals surface area contributed by atoms with Crippen LogP contribution in [0.15, 0.2) is 54.6 Å². The summed E-state index contributed by atoms with van der Waals surface area (Å²) < 4.78 is 7.12. The molecule has 0 bridgehead atoms. The third-order valence-corrected chi connectivity index (χ3v) is 4.60. The van der Waals surface area contributed by atoms with Crippen LogP contribution in [0.2, 0.25) is 0 Å². The van der Waals surface area contributed by atoms with Gasteiger partial charge in [-0.2, -0.15) is 4.68 Å². The number of benzene rings is 2. The fourth-order valence-electron chi connectivity index (χ4n) is 3.12. The Hall–Kier alpha value is -2.77. The zero-order valence-electron chi connectivity index (χ0n) is 14.6. The summed E-state index contributed by atoms with van der Waals surface area (Å²) in [6.45, 7) is 5.65. The van der Waals surface area contributed by atoms with Crippen LogP contribution in [0.3, 0.4) is 0 Å². The van der Waals surface area contributed by atoms with E-state index in [-0.39, 0.29) is 0 Å². The fourth-order valence-corrected chi connectivity index (χ4v) is 3.12. The molecule has 3 aromatic rings. The van der Waals surface area contributed by atoms with Gasteiger partial charge < -0.3 is 15.0 Å². The van der Waals surface area contributed by atoms with Crippen LogP contribution in [0.25, 0.3) is 5.69 Å². The number of quaternary nitrogens is 1. The van der Waals surface area contributed by atoms with Crippen LogP contribution < -0.4 is 10.2 Å². The minimum atomic E-state index is 0.637. The molecule has 1 saturated heterocycles. The van der Waals surface area contributed by atoms with Gasteiger partial charge in [-0.05, 0) is 28.1 Å². The van der Waals surface area contributed by atoms with E-state index < -0.39 is 0 Å². The minimum absolute atomic E-state index is 0.637. The zero-order chi connectivity index (χ0) is 17.6. The molecule has 7 nitrogen and oxygen atoms in total. The molecule has 1 aliphatic heterocycles. The zero-order valence-corrected chi connectivity index (χ0v) is 14.6. The number of hydrogen-bond acceptors (Lipinski definition) is 5. The summed E-state index contributed by atoms with van der Waals surface area (Å²) in [5, 5.41) is 15.2. The molecule has 0 unspecified atom stereocenters. The van der Waals surface area contributed by atoms with Gasteiger partial charge in [0.15, 0.2) is 0 Å². The average Bonchev–Trinajstić information content (AvgIpc) is 3.18. The van der Waals surface area contributed by atoms with Crippen molar-refractivity contribution >= 4 is 5.95 Å². The van der Waals surface area contributed by atoms with E-state index in [1.165, 1.54) is 11.1 Å². The topological polar surface area (TPSA) is 69.3 Å². The van der Waals surface area contributed by atoms with Crippen molar-refractivity contribution in [2.24, 2.45) is 0 Å². The standard InChI is InChI=1S/C19H22N6O/c1-2-4-18(5-3-1)25-19(21-22-23-25)20-14-16-6-8-17(9-7-16)15-24-10-12-26-13-11-24/h1-9H,10-15H2,(H,20,21,23)/p+1. The average molecular weight is 351 g/mol. The second-order valence-electron chi connectivity index (χ2n) is 6.46. The minimum Gasteiger partial charge on any atom is -0.370 e. The number of morpholine rings is 1. The summed E-state index contributed by atoms with van der Waals surface area (Å²) in [7, 11) is 0. The Morgan fingerprint density at radius 2 is 1.69 bits per heavy atom. The third kappa shape index (κ3) is 4.07. The smallest absolute Gasteiger partial charge is 0.248 e. The molecule has 2 aromatic carbocycles. The number of nitrogens with zero attached hydrogens (tertiary/aromatic N) is 4. The second-order valence-corrected chi connectivity index (χ2v) is 6.46. The van der Waals surface area contributed by atoms with Crippen molar-refractivity contribution in [2.75, 3.05) is 31.6 Å². The van der Waals surface area contributed by atoms with Gasteiger partial charge in [0, 0.05) is 12.1 Å². The fraction of sp³-hybridized carbons (Fsp3) is 0.316. The van der Waals surface area contributed by atoms with E-state index in [2.05, 4.69) is 45.1 Å². The molecular weight excluding hydrogens is 328 g/mol. The van der Waals surface area contributed by atoms with Gasteiger partial charge in [-0.15, -0.1) is 0 Å². The van der Waals surface area contributed by atoms with Gasteiger partial charge in [0.1, 0.15) is 19.6 Å². The van der Waals surface area contributed by atoms with Crippen molar-refractivity contribution in [3.05, 3.63) is 65.7 Å². The molecule has 0 spiro atoms. The Morgan fingerprint density at radius 3 is 2.46 bits per heavy atom. The van der Waals surface area contributed by atoms with Crippen LogP contribution in [0, 0.1) is 0 Å². The van der Waals surface area contributed by atoms with Crippen molar-refractivity contribution in [1.29, 1.82) is 0 Å². The summed E-state index contributed by atoms with van der Waals surface area (Å²) in [5.41, 5.74) is 3.50. The number of ether oxygens (including phenoxy) is 1. The molecule has 4 rings (SSSR count). The summed E-state index contributed by atoms with van der Waals surface area (Å²) in [6, 6.07) is 18.6. The molecule has 0 atom stereocenters. The van der Waals surface area contributed by atoms with Gasteiger partial charge in [-0.25, -0.2) is 0 Å². The van der Waals surface area contributed by atoms with Gasteiger partial charge >= 0.3 is 0 Å². The molecule has 0 aliphatic carbocycles. The predicted octanol–water partition coefficient (Wildman–Crippen LogP) is 0.690. The van der Waals surface area contributed by atoms with Gasteiger partial charge in [0.25, 0.3) is 0 Å². The lowest BCUT2D eigenvalue weighted by Gasteiger charge is -2.23. The highest BCUT2D eigenvalue weighted by Gasteiger charge is 2.14. The van der Waals surface area contributed by atoms with Crippen molar-refractivity contribution in [3.8, 4) is 5.69 Å². The maximum atomic E-state index is 5.42. The van der Waals surface area contributed by atoms with Crippen molar-refractivity contribution in [3.63, 3.8) is 0 Å². The van der Waals surface area contributed by atoms with Crippen molar-refractivity contribution < 1.29 is 9.64 Å². The number of anilines is 1. The summed E-state index contributed by atoms with van der Waals surface area (Å²) >= 11 is 0. The van der Waals surface area contributed by atoms with Crippen LogP contribution in [-0.4, -0.2) is 46.5 Å². The molecule has 2 N–H and O–H groups in total. The van der Waals surface area contributed by atoms with Crippen LogP contribution in [0.4, 0.5) is 5.95 Å². The Bertz CT molecular complexity index is 812. The quantitative estimate of drug-likeness (QED) is 0.684. The van der Waals surface area contributed by atoms with Gasteiger partial charge in [-0.1, -0.05) is 47.6 Å². The molecular formula is C19H23N6O+. The number of rotatable bonds is 6. The SMILES string of the molecule is c1ccc(-n2nnnc2NCc2ccc(C[NH+]3CCOCC3)cc2)cc1. The van der Waals surface area contributed by atoms with E-state index >= 15 is 0 Å². The first-order valence-electron chi connectivity index (χ1n) is 8.95. The number of para-hydroxylation sites is 1. The van der Waals surface area contributed by atoms with Crippen LogP contribution in [0.1, 0.15) is 11.1 Å². The molecule has 0 amide bonds. The Labute approximate surface area is 152 Å². The lowest BCUT2D eigenvalue weighted by Crippen LogP contribution is -3.12. The van der Waals surface area contributed by atoms with E-state index in [1.807, 2.05) is 30.3 Å². The molecule has 134 valence electrons. The first-order valence-corrected chi connectivity index (χ1v) is 8.95. The normalized spacial score (nSPS) is 15.1. The largest absolute Gasteiger partial charge is 0.370 e. The molecule has 2 heterocycles. The van der Waals surface area contributed by atoms with E-state index in [1.54, 1.807) is 9.58 Å². The molecule has 0 saturated carbocycles. The highest BCUT2D eigenvalue weighted by molar-refractivity contribution is 5.39. The molecule has 0 radical (unpaired) electrons. The molecule has 1 aliphatic rings. The van der Waals surface area contributed by atoms with Gasteiger partial charge in [0.2, 0.25) is 5.95 Å². The Morgan fingerprint density at radius 1 is 0.962 bits per heavy atom. The summed E-state index contributed by atoms with van der Waals surface area (Å²) in [5.74, 6) is 0.637. The van der Waals surface area contributed by atoms with E-state index in [4.69, 9.17) is 4.74 Å². The van der Waals surface area contributed by atoms with Crippen molar-refractivity contribution in [1.82, 2.24) is 20.2 Å². The Balaban J connectivity index is 1.36. The molecule has 26 heavy (non-hydrogen) atoms. The monoisotopic (exact) mass is 351 g/mol. The van der Waals surface area contributed by atoms with Gasteiger partial charge in [-0.3, -0.25) is 0 Å². The number of aromatic nitrogens is 4. The van der Waals surface area contributed by atoms with Gasteiger partial charge in [0.05, 0.1) is 18.9 Å². The maximum Gasteiger partial charge on any atom is 0.248 e. The molecule has 7 heteroatoms. The lowest BCUT2D eigenvalue weighted by molar-refractivity contribution is -0.921. The lowest BCUT2D eigenvalue weighted by atomic mass is 10.1. The molecule has 1 fully saturated rings. The first-order chi connectivity index (χ1) is 12.9. The highest BCUT2D eigenvalue weighted by Crippen LogP contribution is 2.12. The maximum absolute atomic E-state index is 5.42.